The highest BCUT2D eigenvalue weighted by molar-refractivity contribution is 7.89. The Morgan fingerprint density at radius 1 is 1.03 bits per heavy atom. The average Bonchev–Trinajstić information content (AvgIpc) is 2.75. The summed E-state index contributed by atoms with van der Waals surface area (Å²) in [4.78, 5) is 12.4. The normalized spacial score (nSPS) is 15.3. The topological polar surface area (TPSA) is 75.7 Å². The summed E-state index contributed by atoms with van der Waals surface area (Å²) in [6.07, 6.45) is 5.76. The van der Waals surface area contributed by atoms with E-state index in [9.17, 15) is 13.2 Å². The van der Waals surface area contributed by atoms with Gasteiger partial charge in [-0.05, 0) is 73.7 Å². The van der Waals surface area contributed by atoms with Crippen LogP contribution in [0.1, 0.15) is 36.0 Å². The van der Waals surface area contributed by atoms with Gasteiger partial charge in [0.05, 0.1) is 7.11 Å². The average molecular weight is 429 g/mol. The van der Waals surface area contributed by atoms with E-state index < -0.39 is 10.0 Å². The number of carbonyl (C=O) groups is 1. The first-order chi connectivity index (χ1) is 14.3. The molecule has 1 aliphatic heterocycles. The van der Waals surface area contributed by atoms with Crippen LogP contribution in [0, 0.1) is 13.8 Å². The summed E-state index contributed by atoms with van der Waals surface area (Å²) in [5, 5.41) is 2.82. The Bertz CT molecular complexity index is 1050. The number of hydrogen-bond acceptors (Lipinski definition) is 4. The highest BCUT2D eigenvalue weighted by Gasteiger charge is 2.28. The van der Waals surface area contributed by atoms with Crippen LogP contribution in [0.15, 0.2) is 47.4 Å². The number of nitrogens with zero attached hydrogens (tertiary/aromatic N) is 1. The van der Waals surface area contributed by atoms with E-state index >= 15 is 0 Å². The zero-order chi connectivity index (χ0) is 21.7. The van der Waals surface area contributed by atoms with Crippen LogP contribution in [-0.2, 0) is 14.8 Å². The molecule has 0 unspecified atom stereocenters. The van der Waals surface area contributed by atoms with Crippen LogP contribution in [-0.4, -0.2) is 38.8 Å². The predicted molar refractivity (Wildman–Crippen MR) is 119 cm³/mol. The standard InChI is InChI=1S/C23H28N2O4S/c1-17-7-10-20(15-18(17)2)24-23(26)12-9-19-8-11-21(29-3)22(16-19)30(27,28)25-13-5-4-6-14-25/h7-12,15-16H,4-6,13-14H2,1-3H3,(H,24,26)/b12-9+. The maximum absolute atomic E-state index is 13.1. The number of carbonyl (C=O) groups excluding carboxylic acids is 1. The van der Waals surface area contributed by atoms with Crippen LogP contribution in [0.2, 0.25) is 0 Å². The van der Waals surface area contributed by atoms with Gasteiger partial charge in [0.1, 0.15) is 10.6 Å². The van der Waals surface area contributed by atoms with Gasteiger partial charge in [0.25, 0.3) is 0 Å². The van der Waals surface area contributed by atoms with E-state index in [1.807, 2.05) is 32.0 Å². The molecule has 0 saturated carbocycles. The van der Waals surface area contributed by atoms with Crippen molar-refractivity contribution in [2.24, 2.45) is 0 Å². The van der Waals surface area contributed by atoms with E-state index in [2.05, 4.69) is 5.32 Å². The molecule has 1 heterocycles. The Morgan fingerprint density at radius 3 is 2.43 bits per heavy atom. The molecule has 0 bridgehead atoms. The molecule has 1 fully saturated rings. The summed E-state index contributed by atoms with van der Waals surface area (Å²) in [6, 6.07) is 10.6. The van der Waals surface area contributed by atoms with Crippen LogP contribution in [0.5, 0.6) is 5.75 Å². The molecule has 2 aromatic rings. The third kappa shape index (κ3) is 5.09. The number of methoxy groups -OCH3 is 1. The lowest BCUT2D eigenvalue weighted by atomic mass is 10.1. The third-order valence-corrected chi connectivity index (χ3v) is 7.24. The van der Waals surface area contributed by atoms with Gasteiger partial charge >= 0.3 is 0 Å². The van der Waals surface area contributed by atoms with Crippen molar-refractivity contribution in [2.75, 3.05) is 25.5 Å². The lowest BCUT2D eigenvalue weighted by Gasteiger charge is -2.26. The Kier molecular flexibility index (Phi) is 6.95. The molecule has 2 aromatic carbocycles. The molecule has 1 aliphatic rings. The van der Waals surface area contributed by atoms with Gasteiger partial charge in [0.2, 0.25) is 15.9 Å². The van der Waals surface area contributed by atoms with Crippen molar-refractivity contribution in [1.29, 1.82) is 0 Å². The first kappa shape index (κ1) is 22.1. The Balaban J connectivity index is 1.80. The van der Waals surface area contributed by atoms with Crippen LogP contribution in [0.4, 0.5) is 5.69 Å². The summed E-state index contributed by atoms with van der Waals surface area (Å²) in [6.45, 7) is 5.04. The van der Waals surface area contributed by atoms with Crippen molar-refractivity contribution in [2.45, 2.75) is 38.0 Å². The fourth-order valence-corrected chi connectivity index (χ4v) is 5.13. The van der Waals surface area contributed by atoms with Crippen LogP contribution >= 0.6 is 0 Å². The molecule has 160 valence electrons. The number of amides is 1. The number of hydrogen-bond donors (Lipinski definition) is 1. The highest BCUT2D eigenvalue weighted by atomic mass is 32.2. The van der Waals surface area contributed by atoms with Crippen LogP contribution in [0.3, 0.4) is 0 Å². The summed E-state index contributed by atoms with van der Waals surface area (Å²) in [5.74, 6) is 0.0202. The lowest BCUT2D eigenvalue weighted by Crippen LogP contribution is -2.35. The number of benzene rings is 2. The Morgan fingerprint density at radius 2 is 1.77 bits per heavy atom. The van der Waals surface area contributed by atoms with Gasteiger partial charge < -0.3 is 10.1 Å². The van der Waals surface area contributed by atoms with Gasteiger partial charge in [0.15, 0.2) is 0 Å². The maximum atomic E-state index is 13.1. The van der Waals surface area contributed by atoms with Gasteiger partial charge in [0, 0.05) is 24.9 Å². The molecule has 3 rings (SSSR count). The monoisotopic (exact) mass is 428 g/mol. The SMILES string of the molecule is COc1ccc(/C=C/C(=O)Nc2ccc(C)c(C)c2)cc1S(=O)(=O)N1CCCCC1. The number of anilines is 1. The van der Waals surface area contributed by atoms with Crippen molar-refractivity contribution in [3.8, 4) is 5.75 Å². The molecule has 1 saturated heterocycles. The van der Waals surface area contributed by atoms with Crippen molar-refractivity contribution in [3.63, 3.8) is 0 Å². The molecule has 0 radical (unpaired) electrons. The summed E-state index contributed by atoms with van der Waals surface area (Å²) < 4.78 is 33.0. The van der Waals surface area contributed by atoms with Crippen LogP contribution in [0.25, 0.3) is 6.08 Å². The van der Waals surface area contributed by atoms with E-state index in [1.165, 1.54) is 17.5 Å². The number of aryl methyl sites for hydroxylation is 2. The number of piperidine rings is 1. The van der Waals surface area contributed by atoms with Crippen molar-refractivity contribution in [3.05, 3.63) is 59.2 Å². The van der Waals surface area contributed by atoms with E-state index in [4.69, 9.17) is 4.74 Å². The number of ether oxygens (including phenoxy) is 1. The van der Waals surface area contributed by atoms with Crippen molar-refractivity contribution in [1.82, 2.24) is 4.31 Å². The largest absolute Gasteiger partial charge is 0.495 e. The number of rotatable bonds is 6. The maximum Gasteiger partial charge on any atom is 0.248 e. The van der Waals surface area contributed by atoms with Crippen molar-refractivity contribution < 1.29 is 17.9 Å². The number of sulfonamides is 1. The van der Waals surface area contributed by atoms with E-state index in [0.29, 0.717) is 24.4 Å². The minimum absolute atomic E-state index is 0.128. The summed E-state index contributed by atoms with van der Waals surface area (Å²) in [7, 11) is -2.19. The predicted octanol–water partition coefficient (Wildman–Crippen LogP) is 4.14. The van der Waals surface area contributed by atoms with E-state index in [1.54, 1.807) is 24.3 Å². The quantitative estimate of drug-likeness (QED) is 0.702. The van der Waals surface area contributed by atoms with Gasteiger partial charge in [-0.3, -0.25) is 4.79 Å². The molecule has 7 heteroatoms. The first-order valence-corrected chi connectivity index (χ1v) is 11.5. The second-order valence-electron chi connectivity index (χ2n) is 7.50. The third-order valence-electron chi connectivity index (χ3n) is 5.32. The van der Waals surface area contributed by atoms with Gasteiger partial charge in [-0.1, -0.05) is 18.6 Å². The lowest BCUT2D eigenvalue weighted by molar-refractivity contribution is -0.111. The zero-order valence-corrected chi connectivity index (χ0v) is 18.5. The minimum Gasteiger partial charge on any atom is -0.495 e. The highest BCUT2D eigenvalue weighted by Crippen LogP contribution is 2.30. The Hall–Kier alpha value is -2.64. The molecule has 6 nitrogen and oxygen atoms in total. The smallest absolute Gasteiger partial charge is 0.248 e. The molecule has 0 spiro atoms. The Labute approximate surface area is 178 Å². The van der Waals surface area contributed by atoms with Gasteiger partial charge in [-0.2, -0.15) is 4.31 Å². The van der Waals surface area contributed by atoms with E-state index in [-0.39, 0.29) is 10.8 Å². The second kappa shape index (κ2) is 9.45. The van der Waals surface area contributed by atoms with E-state index in [0.717, 1.165) is 36.1 Å². The van der Waals surface area contributed by atoms with Gasteiger partial charge in [-0.25, -0.2) is 8.42 Å². The second-order valence-corrected chi connectivity index (χ2v) is 9.40. The first-order valence-electron chi connectivity index (χ1n) is 10.1. The molecule has 0 aromatic heterocycles. The molecule has 0 aliphatic carbocycles. The molecular formula is C23H28N2O4S. The molecule has 1 amide bonds. The fraction of sp³-hybridized carbons (Fsp3) is 0.348. The van der Waals surface area contributed by atoms with Gasteiger partial charge in [-0.15, -0.1) is 0 Å². The molecule has 30 heavy (non-hydrogen) atoms. The summed E-state index contributed by atoms with van der Waals surface area (Å²) >= 11 is 0. The summed E-state index contributed by atoms with van der Waals surface area (Å²) in [5.41, 5.74) is 3.58. The van der Waals surface area contributed by atoms with Crippen LogP contribution < -0.4 is 10.1 Å². The van der Waals surface area contributed by atoms with Crippen molar-refractivity contribution >= 4 is 27.7 Å². The molecule has 1 N–H and O–H groups in total. The molecule has 0 atom stereocenters. The fourth-order valence-electron chi connectivity index (χ4n) is 3.42. The zero-order valence-electron chi connectivity index (χ0n) is 17.6. The molecular weight excluding hydrogens is 400 g/mol. The number of nitrogens with one attached hydrogen (secondary N) is 1. The minimum atomic E-state index is -3.65.